The summed E-state index contributed by atoms with van der Waals surface area (Å²) in [6.07, 6.45) is 0. The van der Waals surface area contributed by atoms with Crippen LogP contribution in [0.2, 0.25) is 0 Å². The maximum atomic E-state index is 5.51. The molecular formula is C17H11O. The first-order valence-electron chi connectivity index (χ1n) is 6.01. The van der Waals surface area contributed by atoms with Crippen LogP contribution in [0.1, 0.15) is 0 Å². The van der Waals surface area contributed by atoms with E-state index in [-0.39, 0.29) is 0 Å². The van der Waals surface area contributed by atoms with Gasteiger partial charge in [0.05, 0.1) is 7.11 Å². The molecule has 0 bridgehead atoms. The SMILES string of the molecule is COc1cc2[c]ccc3ccc4cccc1c4c23. The molecule has 4 rings (SSSR count). The summed E-state index contributed by atoms with van der Waals surface area (Å²) in [4.78, 5) is 0. The van der Waals surface area contributed by atoms with Gasteiger partial charge in [0, 0.05) is 10.8 Å². The lowest BCUT2D eigenvalue weighted by atomic mass is 9.94. The predicted molar refractivity (Wildman–Crippen MR) is 75.5 cm³/mol. The molecule has 0 fully saturated rings. The summed E-state index contributed by atoms with van der Waals surface area (Å²) in [5.74, 6) is 0.919. The number of hydrogen-bond acceptors (Lipinski definition) is 1. The van der Waals surface area contributed by atoms with E-state index in [1.807, 2.05) is 6.07 Å². The summed E-state index contributed by atoms with van der Waals surface area (Å²) in [6, 6.07) is 20.1. The predicted octanol–water partition coefficient (Wildman–Crippen LogP) is 4.39. The highest BCUT2D eigenvalue weighted by atomic mass is 16.5. The third kappa shape index (κ3) is 1.11. The molecule has 0 atom stereocenters. The van der Waals surface area contributed by atoms with Crippen molar-refractivity contribution in [3.63, 3.8) is 0 Å². The van der Waals surface area contributed by atoms with Crippen molar-refractivity contribution in [1.82, 2.24) is 0 Å². The van der Waals surface area contributed by atoms with Gasteiger partial charge in [-0.25, -0.2) is 0 Å². The van der Waals surface area contributed by atoms with Crippen molar-refractivity contribution in [3.05, 3.63) is 54.6 Å². The summed E-state index contributed by atoms with van der Waals surface area (Å²) in [6.45, 7) is 0. The van der Waals surface area contributed by atoms with E-state index in [0.717, 1.165) is 11.1 Å². The Labute approximate surface area is 105 Å². The van der Waals surface area contributed by atoms with Gasteiger partial charge >= 0.3 is 0 Å². The molecule has 0 N–H and O–H groups in total. The Morgan fingerprint density at radius 2 is 1.78 bits per heavy atom. The maximum absolute atomic E-state index is 5.51. The molecule has 0 spiro atoms. The molecule has 18 heavy (non-hydrogen) atoms. The Morgan fingerprint density at radius 3 is 2.61 bits per heavy atom. The van der Waals surface area contributed by atoms with Gasteiger partial charge in [-0.3, -0.25) is 0 Å². The lowest BCUT2D eigenvalue weighted by Gasteiger charge is -2.13. The topological polar surface area (TPSA) is 9.23 Å². The van der Waals surface area contributed by atoms with Crippen molar-refractivity contribution in [2.24, 2.45) is 0 Å². The Balaban J connectivity index is 2.43. The van der Waals surface area contributed by atoms with Gasteiger partial charge in [0.2, 0.25) is 0 Å². The lowest BCUT2D eigenvalue weighted by Crippen LogP contribution is -1.89. The molecule has 0 aliphatic rings. The van der Waals surface area contributed by atoms with Gasteiger partial charge in [-0.2, -0.15) is 0 Å². The molecule has 85 valence electrons. The highest BCUT2D eigenvalue weighted by molar-refractivity contribution is 6.24. The van der Waals surface area contributed by atoms with Crippen LogP contribution in [-0.2, 0) is 0 Å². The van der Waals surface area contributed by atoms with Crippen LogP contribution in [0, 0.1) is 6.07 Å². The fourth-order valence-electron chi connectivity index (χ4n) is 2.81. The molecule has 0 saturated carbocycles. The van der Waals surface area contributed by atoms with E-state index in [0.29, 0.717) is 0 Å². The van der Waals surface area contributed by atoms with E-state index >= 15 is 0 Å². The highest BCUT2D eigenvalue weighted by Crippen LogP contribution is 2.38. The maximum Gasteiger partial charge on any atom is 0.127 e. The molecule has 0 unspecified atom stereocenters. The van der Waals surface area contributed by atoms with Crippen molar-refractivity contribution in [1.29, 1.82) is 0 Å². The van der Waals surface area contributed by atoms with Crippen molar-refractivity contribution >= 4 is 32.3 Å². The zero-order valence-electron chi connectivity index (χ0n) is 10.0. The second-order valence-electron chi connectivity index (χ2n) is 4.54. The van der Waals surface area contributed by atoms with Crippen LogP contribution in [-0.4, -0.2) is 7.11 Å². The minimum absolute atomic E-state index is 0.919. The quantitative estimate of drug-likeness (QED) is 0.441. The Hall–Kier alpha value is -2.28. The number of hydrogen-bond donors (Lipinski definition) is 0. The van der Waals surface area contributed by atoms with Crippen molar-refractivity contribution in [3.8, 4) is 5.75 Å². The average molecular weight is 231 g/mol. The Bertz CT molecular complexity index is 861. The van der Waals surface area contributed by atoms with Gasteiger partial charge in [-0.05, 0) is 33.7 Å². The van der Waals surface area contributed by atoms with E-state index in [1.54, 1.807) is 7.11 Å². The number of benzene rings is 4. The molecule has 0 aliphatic carbocycles. The fraction of sp³-hybridized carbons (Fsp3) is 0.0588. The molecular weight excluding hydrogens is 220 g/mol. The molecule has 0 aliphatic heterocycles. The first-order valence-corrected chi connectivity index (χ1v) is 6.01. The van der Waals surface area contributed by atoms with Gasteiger partial charge < -0.3 is 4.74 Å². The minimum Gasteiger partial charge on any atom is -0.496 e. The van der Waals surface area contributed by atoms with Crippen LogP contribution >= 0.6 is 0 Å². The highest BCUT2D eigenvalue weighted by Gasteiger charge is 2.11. The summed E-state index contributed by atoms with van der Waals surface area (Å²) >= 11 is 0. The molecule has 1 radical (unpaired) electrons. The Kier molecular flexibility index (Phi) is 1.81. The van der Waals surface area contributed by atoms with Crippen LogP contribution < -0.4 is 4.74 Å². The van der Waals surface area contributed by atoms with Crippen LogP contribution in [0.3, 0.4) is 0 Å². The molecule has 0 aromatic heterocycles. The largest absolute Gasteiger partial charge is 0.496 e. The van der Waals surface area contributed by atoms with Gasteiger partial charge in [-0.15, -0.1) is 0 Å². The fourth-order valence-corrected chi connectivity index (χ4v) is 2.81. The third-order valence-corrected chi connectivity index (χ3v) is 3.61. The zero-order chi connectivity index (χ0) is 12.1. The second-order valence-corrected chi connectivity index (χ2v) is 4.54. The summed E-state index contributed by atoms with van der Waals surface area (Å²) in [5.41, 5.74) is 0. The van der Waals surface area contributed by atoms with Gasteiger partial charge in [0.1, 0.15) is 5.75 Å². The first-order chi connectivity index (χ1) is 8.88. The number of rotatable bonds is 1. The zero-order valence-corrected chi connectivity index (χ0v) is 10.0. The van der Waals surface area contributed by atoms with E-state index in [1.165, 1.54) is 26.9 Å². The smallest absolute Gasteiger partial charge is 0.127 e. The summed E-state index contributed by atoms with van der Waals surface area (Å²) < 4.78 is 5.51. The normalized spacial score (nSPS) is 11.6. The lowest BCUT2D eigenvalue weighted by molar-refractivity contribution is 0.420. The van der Waals surface area contributed by atoms with Crippen LogP contribution in [0.4, 0.5) is 0 Å². The minimum atomic E-state index is 0.919. The van der Waals surface area contributed by atoms with Crippen LogP contribution in [0.25, 0.3) is 32.3 Å². The molecule has 0 heterocycles. The van der Waals surface area contributed by atoms with Gasteiger partial charge in [0.25, 0.3) is 0 Å². The standard InChI is InChI=1S/C17H11O/c1-18-15-10-13-6-2-4-11-8-9-12-5-3-7-14(15)17(12)16(11)13/h2-5,7-10H,1H3. The summed E-state index contributed by atoms with van der Waals surface area (Å²) in [7, 11) is 1.72. The van der Waals surface area contributed by atoms with Crippen molar-refractivity contribution in [2.45, 2.75) is 0 Å². The van der Waals surface area contributed by atoms with E-state index in [9.17, 15) is 0 Å². The van der Waals surface area contributed by atoms with Crippen LogP contribution in [0.15, 0.2) is 48.5 Å². The molecule has 1 nitrogen and oxygen atoms in total. The van der Waals surface area contributed by atoms with Gasteiger partial charge in [0.15, 0.2) is 0 Å². The first kappa shape index (κ1) is 9.72. The average Bonchev–Trinajstić information content (AvgIpc) is 2.44. The monoisotopic (exact) mass is 231 g/mol. The van der Waals surface area contributed by atoms with Crippen LogP contribution in [0.5, 0.6) is 5.75 Å². The molecule has 1 heteroatoms. The van der Waals surface area contributed by atoms with Gasteiger partial charge in [-0.1, -0.05) is 42.5 Å². The molecule has 4 aromatic rings. The second kappa shape index (κ2) is 3.36. The Morgan fingerprint density at radius 1 is 0.944 bits per heavy atom. The van der Waals surface area contributed by atoms with E-state index in [4.69, 9.17) is 4.74 Å². The van der Waals surface area contributed by atoms with Crippen molar-refractivity contribution < 1.29 is 4.74 Å². The third-order valence-electron chi connectivity index (χ3n) is 3.61. The molecule has 0 amide bonds. The van der Waals surface area contributed by atoms with E-state index in [2.05, 4.69) is 48.5 Å². The summed E-state index contributed by atoms with van der Waals surface area (Å²) in [5, 5.41) is 7.37. The van der Waals surface area contributed by atoms with E-state index < -0.39 is 0 Å². The van der Waals surface area contributed by atoms with Crippen molar-refractivity contribution in [2.75, 3.05) is 7.11 Å². The molecule has 4 aromatic carbocycles. The molecule has 0 saturated heterocycles. The number of methoxy groups -OCH3 is 1. The number of ether oxygens (including phenoxy) is 1.